The molecule has 0 saturated heterocycles. The summed E-state index contributed by atoms with van der Waals surface area (Å²) in [6.07, 6.45) is 1.14. The predicted molar refractivity (Wildman–Crippen MR) is 78.9 cm³/mol. The molecule has 0 spiro atoms. The van der Waals surface area contributed by atoms with Crippen molar-refractivity contribution in [2.24, 2.45) is 0 Å². The van der Waals surface area contributed by atoms with Gasteiger partial charge in [-0.15, -0.1) is 10.2 Å². The molecule has 1 aromatic carbocycles. The summed E-state index contributed by atoms with van der Waals surface area (Å²) >= 11 is 0. The van der Waals surface area contributed by atoms with Crippen molar-refractivity contribution in [1.82, 2.24) is 15.5 Å². The Balaban J connectivity index is 1.95. The van der Waals surface area contributed by atoms with Crippen molar-refractivity contribution in [1.29, 1.82) is 0 Å². The van der Waals surface area contributed by atoms with Crippen LogP contribution in [0.3, 0.4) is 0 Å². The van der Waals surface area contributed by atoms with Gasteiger partial charge in [-0.2, -0.15) is 0 Å². The number of para-hydroxylation sites is 1. The Labute approximate surface area is 128 Å². The molecule has 1 aromatic heterocycles. The molecular weight excluding hydrogens is 286 g/mol. The quantitative estimate of drug-likeness (QED) is 0.743. The summed E-state index contributed by atoms with van der Waals surface area (Å²) in [5, 5.41) is 10.4. The Hall–Kier alpha value is -2.41. The van der Waals surface area contributed by atoms with E-state index in [1.807, 2.05) is 24.3 Å². The summed E-state index contributed by atoms with van der Waals surface area (Å²) in [6, 6.07) is 7.55. The fraction of sp³-hybridized carbons (Fsp3) is 0.400. The number of hydrogen-bond donors (Lipinski definition) is 1. The molecule has 1 amide bonds. The van der Waals surface area contributed by atoms with Gasteiger partial charge in [0.2, 0.25) is 5.89 Å². The van der Waals surface area contributed by atoms with Crippen molar-refractivity contribution in [2.45, 2.75) is 12.8 Å². The maximum Gasteiger partial charge on any atom is 0.308 e. The zero-order valence-electron chi connectivity index (χ0n) is 12.7. The van der Waals surface area contributed by atoms with Crippen molar-refractivity contribution in [3.05, 3.63) is 41.6 Å². The van der Waals surface area contributed by atoms with E-state index in [0.29, 0.717) is 25.5 Å². The molecule has 0 saturated carbocycles. The first kappa shape index (κ1) is 16.0. The second-order valence-corrected chi connectivity index (χ2v) is 4.59. The van der Waals surface area contributed by atoms with Crippen LogP contribution in [0.2, 0.25) is 0 Å². The van der Waals surface area contributed by atoms with Crippen molar-refractivity contribution in [2.75, 3.05) is 27.4 Å². The number of aromatic nitrogens is 2. The van der Waals surface area contributed by atoms with Gasteiger partial charge in [-0.1, -0.05) is 18.2 Å². The first-order chi connectivity index (χ1) is 10.7. The maximum absolute atomic E-state index is 11.8. The molecule has 0 bridgehead atoms. The van der Waals surface area contributed by atoms with Crippen LogP contribution in [0.5, 0.6) is 5.75 Å². The predicted octanol–water partition coefficient (Wildman–Crippen LogP) is 1.44. The van der Waals surface area contributed by atoms with Gasteiger partial charge in [0, 0.05) is 25.8 Å². The number of rotatable bonds is 8. The Morgan fingerprint density at radius 1 is 1.27 bits per heavy atom. The molecule has 22 heavy (non-hydrogen) atoms. The minimum atomic E-state index is -0.380. The van der Waals surface area contributed by atoms with Crippen molar-refractivity contribution < 1.29 is 18.7 Å². The van der Waals surface area contributed by atoms with Crippen LogP contribution in [0.25, 0.3) is 0 Å². The van der Waals surface area contributed by atoms with E-state index in [0.717, 1.165) is 17.7 Å². The first-order valence-electron chi connectivity index (χ1n) is 6.96. The number of ether oxygens (including phenoxy) is 2. The molecule has 118 valence electrons. The van der Waals surface area contributed by atoms with E-state index in [1.54, 1.807) is 14.2 Å². The van der Waals surface area contributed by atoms with E-state index >= 15 is 0 Å². The van der Waals surface area contributed by atoms with Crippen LogP contribution in [0.1, 0.15) is 28.6 Å². The number of carbonyl (C=O) groups excluding carboxylic acids is 1. The van der Waals surface area contributed by atoms with Gasteiger partial charge in [0.15, 0.2) is 0 Å². The molecule has 0 radical (unpaired) electrons. The highest BCUT2D eigenvalue weighted by Crippen LogP contribution is 2.20. The molecule has 0 unspecified atom stereocenters. The summed E-state index contributed by atoms with van der Waals surface area (Å²) in [4.78, 5) is 11.8. The van der Waals surface area contributed by atoms with Gasteiger partial charge in [-0.25, -0.2) is 0 Å². The van der Waals surface area contributed by atoms with Gasteiger partial charge >= 0.3 is 11.8 Å². The van der Waals surface area contributed by atoms with Crippen LogP contribution in [-0.4, -0.2) is 43.5 Å². The average Bonchev–Trinajstić information content (AvgIpc) is 3.00. The fourth-order valence-electron chi connectivity index (χ4n) is 1.92. The van der Waals surface area contributed by atoms with E-state index in [9.17, 15) is 4.79 Å². The molecule has 2 aromatic rings. The highest BCUT2D eigenvalue weighted by molar-refractivity contribution is 5.89. The molecule has 0 fully saturated rings. The number of hydrogen-bond acceptors (Lipinski definition) is 6. The molecule has 0 aliphatic rings. The summed E-state index contributed by atoms with van der Waals surface area (Å²) < 4.78 is 15.6. The van der Waals surface area contributed by atoms with Gasteiger partial charge in [-0.3, -0.25) is 4.79 Å². The fourth-order valence-corrected chi connectivity index (χ4v) is 1.92. The third kappa shape index (κ3) is 4.29. The molecule has 0 atom stereocenters. The smallest absolute Gasteiger partial charge is 0.308 e. The Bertz CT molecular complexity index is 612. The highest BCUT2D eigenvalue weighted by atomic mass is 16.5. The van der Waals surface area contributed by atoms with Crippen LogP contribution < -0.4 is 10.1 Å². The summed E-state index contributed by atoms with van der Waals surface area (Å²) in [7, 11) is 3.22. The lowest BCUT2D eigenvalue weighted by Gasteiger charge is -2.05. The molecule has 0 aliphatic carbocycles. The summed E-state index contributed by atoms with van der Waals surface area (Å²) in [5.41, 5.74) is 0.917. The normalized spacial score (nSPS) is 10.5. The van der Waals surface area contributed by atoms with Crippen LogP contribution in [0.4, 0.5) is 0 Å². The number of amides is 1. The Morgan fingerprint density at radius 2 is 2.09 bits per heavy atom. The van der Waals surface area contributed by atoms with Gasteiger partial charge < -0.3 is 19.2 Å². The van der Waals surface area contributed by atoms with Crippen LogP contribution >= 0.6 is 0 Å². The van der Waals surface area contributed by atoms with Gasteiger partial charge in [0.05, 0.1) is 13.5 Å². The number of benzene rings is 1. The molecule has 1 heterocycles. The standard InChI is InChI=1S/C15H19N3O4/c1-20-9-5-8-16-14(19)15-18-17-13(22-15)10-11-6-3-4-7-12(11)21-2/h3-4,6-7H,5,8-10H2,1-2H3,(H,16,19). The molecular formula is C15H19N3O4. The van der Waals surface area contributed by atoms with E-state index in [4.69, 9.17) is 13.9 Å². The van der Waals surface area contributed by atoms with E-state index in [2.05, 4.69) is 15.5 Å². The first-order valence-corrected chi connectivity index (χ1v) is 6.96. The van der Waals surface area contributed by atoms with Crippen molar-refractivity contribution in [3.8, 4) is 5.75 Å². The zero-order valence-corrected chi connectivity index (χ0v) is 12.7. The van der Waals surface area contributed by atoms with Crippen LogP contribution in [0.15, 0.2) is 28.7 Å². The van der Waals surface area contributed by atoms with Crippen molar-refractivity contribution in [3.63, 3.8) is 0 Å². The Morgan fingerprint density at radius 3 is 2.86 bits per heavy atom. The lowest BCUT2D eigenvalue weighted by molar-refractivity contribution is 0.0912. The summed E-state index contributed by atoms with van der Waals surface area (Å²) in [5.74, 6) is 0.690. The zero-order chi connectivity index (χ0) is 15.8. The number of nitrogens with zero attached hydrogens (tertiary/aromatic N) is 2. The largest absolute Gasteiger partial charge is 0.496 e. The third-order valence-electron chi connectivity index (χ3n) is 3.01. The second-order valence-electron chi connectivity index (χ2n) is 4.59. The second kappa shape index (κ2) is 8.14. The molecule has 0 aliphatic heterocycles. The minimum Gasteiger partial charge on any atom is -0.496 e. The Kier molecular flexibility index (Phi) is 5.91. The van der Waals surface area contributed by atoms with Gasteiger partial charge in [0.25, 0.3) is 0 Å². The van der Waals surface area contributed by atoms with Crippen molar-refractivity contribution >= 4 is 5.91 Å². The lowest BCUT2D eigenvalue weighted by atomic mass is 10.1. The molecule has 2 rings (SSSR count). The van der Waals surface area contributed by atoms with E-state index < -0.39 is 0 Å². The van der Waals surface area contributed by atoms with E-state index in [-0.39, 0.29) is 11.8 Å². The average molecular weight is 305 g/mol. The van der Waals surface area contributed by atoms with Gasteiger partial charge in [-0.05, 0) is 12.5 Å². The molecule has 7 heteroatoms. The topological polar surface area (TPSA) is 86.5 Å². The molecule has 7 nitrogen and oxygen atoms in total. The SMILES string of the molecule is COCCCNC(=O)c1nnc(Cc2ccccc2OC)o1. The highest BCUT2D eigenvalue weighted by Gasteiger charge is 2.15. The maximum atomic E-state index is 11.8. The summed E-state index contributed by atoms with van der Waals surface area (Å²) in [6.45, 7) is 1.08. The minimum absolute atomic E-state index is 0.0395. The van der Waals surface area contributed by atoms with Crippen LogP contribution in [-0.2, 0) is 11.2 Å². The van der Waals surface area contributed by atoms with Gasteiger partial charge in [0.1, 0.15) is 5.75 Å². The number of methoxy groups -OCH3 is 2. The van der Waals surface area contributed by atoms with Crippen LogP contribution in [0, 0.1) is 0 Å². The van der Waals surface area contributed by atoms with E-state index in [1.165, 1.54) is 0 Å². The monoisotopic (exact) mass is 305 g/mol. The number of carbonyl (C=O) groups is 1. The number of nitrogens with one attached hydrogen (secondary N) is 1. The third-order valence-corrected chi connectivity index (χ3v) is 3.01. The molecule has 1 N–H and O–H groups in total. The lowest BCUT2D eigenvalue weighted by Crippen LogP contribution is -2.25.